The zero-order chi connectivity index (χ0) is 16.6. The summed E-state index contributed by atoms with van der Waals surface area (Å²) < 4.78 is 0. The molecule has 3 heteroatoms. The summed E-state index contributed by atoms with van der Waals surface area (Å²) in [5.74, 6) is 0.129. The lowest BCUT2D eigenvalue weighted by molar-refractivity contribution is -0.117. The van der Waals surface area contributed by atoms with Crippen molar-refractivity contribution in [3.63, 3.8) is 0 Å². The van der Waals surface area contributed by atoms with E-state index in [0.29, 0.717) is 0 Å². The first-order chi connectivity index (χ1) is 10.2. The molecule has 0 aliphatic carbocycles. The average Bonchev–Trinajstić information content (AvgIpc) is 2.41. The number of Topliss-reactive ketones (excluding diaryl/α,β-unsaturated/α-hetero) is 1. The predicted molar refractivity (Wildman–Crippen MR) is 87.7 cm³/mol. The molecule has 0 atom stereocenters. The first kappa shape index (κ1) is 16.1. The van der Waals surface area contributed by atoms with E-state index in [4.69, 9.17) is 0 Å². The number of ketones is 1. The van der Waals surface area contributed by atoms with Gasteiger partial charge in [0.05, 0.1) is 5.92 Å². The zero-order valence-electron chi connectivity index (χ0n) is 13.7. The van der Waals surface area contributed by atoms with Gasteiger partial charge in [-0.1, -0.05) is 12.1 Å². The molecule has 0 heterocycles. The Labute approximate surface area is 131 Å². The Balaban J connectivity index is 2.69. The van der Waals surface area contributed by atoms with Crippen LogP contribution in [0.15, 0.2) is 24.3 Å². The molecule has 3 nitrogen and oxygen atoms in total. The van der Waals surface area contributed by atoms with Crippen LogP contribution in [-0.2, 0) is 4.79 Å². The quantitative estimate of drug-likeness (QED) is 0.898. The molecule has 0 bridgehead atoms. The van der Waals surface area contributed by atoms with Crippen LogP contribution in [0.1, 0.15) is 46.2 Å². The van der Waals surface area contributed by atoms with Crippen molar-refractivity contribution in [3.8, 4) is 11.5 Å². The fourth-order valence-corrected chi connectivity index (χ4v) is 2.87. The topological polar surface area (TPSA) is 57.5 Å². The highest BCUT2D eigenvalue weighted by Crippen LogP contribution is 2.35. The van der Waals surface area contributed by atoms with Crippen molar-refractivity contribution < 1.29 is 15.0 Å². The molecule has 0 aliphatic heterocycles. The standard InChI is InChI=1S/C19H22O3/c1-10-8-17(21)12(3)6-15(10)19(14(5)20)16-7-13(4)18(22)9-11(16)2/h6-9,19,21-22H,1-5H3. The summed E-state index contributed by atoms with van der Waals surface area (Å²) in [6.45, 7) is 9.02. The molecular weight excluding hydrogens is 276 g/mol. The molecule has 0 unspecified atom stereocenters. The second-order valence-electron chi connectivity index (χ2n) is 6.03. The van der Waals surface area contributed by atoms with Crippen LogP contribution in [0, 0.1) is 27.7 Å². The van der Waals surface area contributed by atoms with Gasteiger partial charge in [-0.3, -0.25) is 4.79 Å². The minimum Gasteiger partial charge on any atom is -0.508 e. The first-order valence-corrected chi connectivity index (χ1v) is 7.33. The van der Waals surface area contributed by atoms with Gasteiger partial charge in [0.2, 0.25) is 0 Å². The molecular formula is C19H22O3. The van der Waals surface area contributed by atoms with Crippen LogP contribution in [0.4, 0.5) is 0 Å². The highest BCUT2D eigenvalue weighted by molar-refractivity contribution is 5.88. The molecule has 0 saturated carbocycles. The Morgan fingerprint density at radius 2 is 1.14 bits per heavy atom. The lowest BCUT2D eigenvalue weighted by atomic mass is 9.82. The summed E-state index contributed by atoms with van der Waals surface area (Å²) in [7, 11) is 0. The fraction of sp³-hybridized carbons (Fsp3) is 0.316. The third kappa shape index (κ3) is 2.84. The fourth-order valence-electron chi connectivity index (χ4n) is 2.87. The van der Waals surface area contributed by atoms with Crippen molar-refractivity contribution in [2.24, 2.45) is 0 Å². The van der Waals surface area contributed by atoms with Gasteiger partial charge < -0.3 is 10.2 Å². The molecule has 2 aromatic carbocycles. The van der Waals surface area contributed by atoms with Gasteiger partial charge in [-0.2, -0.15) is 0 Å². The van der Waals surface area contributed by atoms with Gasteiger partial charge in [0.15, 0.2) is 0 Å². The van der Waals surface area contributed by atoms with E-state index in [0.717, 1.165) is 33.4 Å². The minimum absolute atomic E-state index is 0.0429. The minimum atomic E-state index is -0.390. The van der Waals surface area contributed by atoms with E-state index >= 15 is 0 Å². The lowest BCUT2D eigenvalue weighted by Gasteiger charge is -2.21. The molecule has 116 valence electrons. The highest BCUT2D eigenvalue weighted by Gasteiger charge is 2.24. The van der Waals surface area contributed by atoms with Crippen molar-refractivity contribution in [2.75, 3.05) is 0 Å². The van der Waals surface area contributed by atoms with E-state index in [1.807, 2.05) is 39.8 Å². The number of phenols is 2. The predicted octanol–water partition coefficient (Wildman–Crippen LogP) is 4.05. The van der Waals surface area contributed by atoms with Gasteiger partial charge in [-0.25, -0.2) is 0 Å². The molecule has 0 amide bonds. The third-order valence-electron chi connectivity index (χ3n) is 4.20. The van der Waals surface area contributed by atoms with E-state index in [2.05, 4.69) is 0 Å². The van der Waals surface area contributed by atoms with Gasteiger partial charge in [0, 0.05) is 0 Å². The van der Waals surface area contributed by atoms with Gasteiger partial charge in [-0.05, 0) is 80.1 Å². The summed E-state index contributed by atoms with van der Waals surface area (Å²) in [6.07, 6.45) is 0. The molecule has 22 heavy (non-hydrogen) atoms. The molecule has 0 fully saturated rings. The number of hydrogen-bond donors (Lipinski definition) is 2. The normalized spacial score (nSPS) is 11.0. The van der Waals surface area contributed by atoms with Crippen molar-refractivity contribution in [2.45, 2.75) is 40.5 Å². The summed E-state index contributed by atoms with van der Waals surface area (Å²) in [4.78, 5) is 12.3. The summed E-state index contributed by atoms with van der Waals surface area (Å²) in [5.41, 5.74) is 5.06. The van der Waals surface area contributed by atoms with Crippen LogP contribution in [0.2, 0.25) is 0 Å². The van der Waals surface area contributed by atoms with Crippen LogP contribution < -0.4 is 0 Å². The second-order valence-corrected chi connectivity index (χ2v) is 6.03. The summed E-state index contributed by atoms with van der Waals surface area (Å²) in [6, 6.07) is 7.14. The highest BCUT2D eigenvalue weighted by atomic mass is 16.3. The monoisotopic (exact) mass is 298 g/mol. The number of aromatic hydroxyl groups is 2. The maximum Gasteiger partial charge on any atom is 0.141 e. The van der Waals surface area contributed by atoms with Gasteiger partial charge >= 0.3 is 0 Å². The smallest absolute Gasteiger partial charge is 0.141 e. The van der Waals surface area contributed by atoms with Crippen LogP contribution in [-0.4, -0.2) is 16.0 Å². The van der Waals surface area contributed by atoms with Crippen LogP contribution in [0.3, 0.4) is 0 Å². The summed E-state index contributed by atoms with van der Waals surface area (Å²) in [5, 5.41) is 19.7. The number of carbonyl (C=O) groups is 1. The van der Waals surface area contributed by atoms with Crippen molar-refractivity contribution >= 4 is 5.78 Å². The van der Waals surface area contributed by atoms with Crippen LogP contribution >= 0.6 is 0 Å². The average molecular weight is 298 g/mol. The Morgan fingerprint density at radius 3 is 1.45 bits per heavy atom. The number of phenolic OH excluding ortho intramolecular Hbond substituents is 2. The number of benzene rings is 2. The van der Waals surface area contributed by atoms with Crippen LogP contribution in [0.25, 0.3) is 0 Å². The maximum absolute atomic E-state index is 12.3. The first-order valence-electron chi connectivity index (χ1n) is 7.33. The van der Waals surface area contributed by atoms with E-state index < -0.39 is 5.92 Å². The van der Waals surface area contributed by atoms with E-state index in [1.165, 1.54) is 0 Å². The van der Waals surface area contributed by atoms with Gasteiger partial charge in [0.25, 0.3) is 0 Å². The Morgan fingerprint density at radius 1 is 0.773 bits per heavy atom. The second kappa shape index (κ2) is 5.84. The van der Waals surface area contributed by atoms with Crippen molar-refractivity contribution in [1.29, 1.82) is 0 Å². The lowest BCUT2D eigenvalue weighted by Crippen LogP contribution is -2.14. The SMILES string of the molecule is CC(=O)C(c1cc(C)c(O)cc1C)c1cc(C)c(O)cc1C. The van der Waals surface area contributed by atoms with E-state index in [9.17, 15) is 15.0 Å². The number of hydrogen-bond acceptors (Lipinski definition) is 3. The number of aryl methyl sites for hydroxylation is 4. The molecule has 0 spiro atoms. The molecule has 2 aromatic rings. The number of carbonyl (C=O) groups excluding carboxylic acids is 1. The van der Waals surface area contributed by atoms with Gasteiger partial charge in [-0.15, -0.1) is 0 Å². The Kier molecular flexibility index (Phi) is 4.27. The zero-order valence-corrected chi connectivity index (χ0v) is 13.7. The molecule has 0 aliphatic rings. The molecule has 0 saturated heterocycles. The summed E-state index contributed by atoms with van der Waals surface area (Å²) >= 11 is 0. The van der Waals surface area contributed by atoms with E-state index in [-0.39, 0.29) is 17.3 Å². The maximum atomic E-state index is 12.3. The molecule has 2 rings (SSSR count). The van der Waals surface area contributed by atoms with E-state index in [1.54, 1.807) is 19.1 Å². The molecule has 0 radical (unpaired) electrons. The number of rotatable bonds is 3. The van der Waals surface area contributed by atoms with Gasteiger partial charge in [0.1, 0.15) is 17.3 Å². The Hall–Kier alpha value is -2.29. The molecule has 0 aromatic heterocycles. The molecule has 2 N–H and O–H groups in total. The van der Waals surface area contributed by atoms with Crippen molar-refractivity contribution in [3.05, 3.63) is 57.6 Å². The largest absolute Gasteiger partial charge is 0.508 e. The Bertz CT molecular complexity index is 687. The third-order valence-corrected chi connectivity index (χ3v) is 4.20. The van der Waals surface area contributed by atoms with Crippen molar-refractivity contribution in [1.82, 2.24) is 0 Å². The van der Waals surface area contributed by atoms with Crippen LogP contribution in [0.5, 0.6) is 11.5 Å².